The predicted molar refractivity (Wildman–Crippen MR) is 107 cm³/mol. The van der Waals surface area contributed by atoms with Crippen LogP contribution < -0.4 is 15.4 Å². The second-order valence-corrected chi connectivity index (χ2v) is 7.01. The van der Waals surface area contributed by atoms with Gasteiger partial charge in [0.25, 0.3) is 5.91 Å². The predicted octanol–water partition coefficient (Wildman–Crippen LogP) is 4.43. The van der Waals surface area contributed by atoms with E-state index in [1.54, 1.807) is 11.3 Å². The van der Waals surface area contributed by atoms with Gasteiger partial charge in [0, 0.05) is 11.1 Å². The van der Waals surface area contributed by atoms with E-state index in [0.29, 0.717) is 23.1 Å². The summed E-state index contributed by atoms with van der Waals surface area (Å²) in [5, 5.41) is 9.12. The smallest absolute Gasteiger partial charge is 0.262 e. The van der Waals surface area contributed by atoms with Crippen molar-refractivity contribution in [2.45, 2.75) is 0 Å². The molecule has 1 aliphatic rings. The number of carbonyl (C=O) groups is 1. The van der Waals surface area contributed by atoms with Crippen molar-refractivity contribution in [3.8, 4) is 16.5 Å². The number of para-hydroxylation sites is 1. The van der Waals surface area contributed by atoms with E-state index in [0.717, 1.165) is 21.5 Å². The van der Waals surface area contributed by atoms with Gasteiger partial charge < -0.3 is 15.4 Å². The molecule has 4 aromatic rings. The van der Waals surface area contributed by atoms with Crippen LogP contribution in [0.25, 0.3) is 21.6 Å². The van der Waals surface area contributed by atoms with Crippen molar-refractivity contribution in [3.63, 3.8) is 0 Å². The Balaban J connectivity index is 1.58. The average molecular weight is 374 g/mol. The first-order valence-electron chi connectivity index (χ1n) is 8.41. The highest BCUT2D eigenvalue weighted by Gasteiger charge is 2.17. The monoisotopic (exact) mass is 374 g/mol. The Hall–Kier alpha value is -3.45. The number of hydrogen-bond donors (Lipinski definition) is 2. The minimum Gasteiger partial charge on any atom is -0.482 e. The van der Waals surface area contributed by atoms with Crippen LogP contribution in [0, 0.1) is 0 Å². The first-order valence-corrected chi connectivity index (χ1v) is 9.29. The van der Waals surface area contributed by atoms with E-state index in [9.17, 15) is 4.79 Å². The molecule has 0 unspecified atom stereocenters. The van der Waals surface area contributed by atoms with Gasteiger partial charge in [0.2, 0.25) is 0 Å². The molecule has 0 atom stereocenters. The summed E-state index contributed by atoms with van der Waals surface area (Å²) >= 11 is 1.60. The highest BCUT2D eigenvalue weighted by Crippen LogP contribution is 2.33. The number of carbonyl (C=O) groups excluding carboxylic acids is 1. The van der Waals surface area contributed by atoms with Gasteiger partial charge in [-0.2, -0.15) is 0 Å². The molecule has 0 saturated carbocycles. The number of benzene rings is 2. The first-order chi connectivity index (χ1) is 13.3. The zero-order valence-corrected chi connectivity index (χ0v) is 14.9. The average Bonchev–Trinajstić information content (AvgIpc) is 3.22. The lowest BCUT2D eigenvalue weighted by molar-refractivity contribution is -0.118. The molecule has 5 rings (SSSR count). The maximum atomic E-state index is 11.6. The number of ether oxygens (including phenoxy) is 1. The van der Waals surface area contributed by atoms with Gasteiger partial charge in [-0.25, -0.2) is 9.97 Å². The normalized spacial score (nSPS) is 13.0. The Labute approximate surface area is 158 Å². The van der Waals surface area contributed by atoms with Crippen LogP contribution in [0.1, 0.15) is 0 Å². The van der Waals surface area contributed by atoms with E-state index in [2.05, 4.69) is 15.6 Å². The Bertz CT molecular complexity index is 1160. The zero-order chi connectivity index (χ0) is 18.2. The van der Waals surface area contributed by atoms with Crippen molar-refractivity contribution in [1.82, 2.24) is 9.97 Å². The van der Waals surface area contributed by atoms with Crippen LogP contribution in [0.2, 0.25) is 0 Å². The van der Waals surface area contributed by atoms with Gasteiger partial charge in [0.15, 0.2) is 12.4 Å². The van der Waals surface area contributed by atoms with Crippen LogP contribution in [0.5, 0.6) is 5.75 Å². The fourth-order valence-corrected chi connectivity index (χ4v) is 3.64. The molecule has 27 heavy (non-hydrogen) atoms. The summed E-state index contributed by atoms with van der Waals surface area (Å²) in [4.78, 5) is 22.0. The number of nitrogens with zero attached hydrogens (tertiary/aromatic N) is 2. The molecule has 3 heterocycles. The molecular weight excluding hydrogens is 360 g/mol. The molecule has 0 bridgehead atoms. The third-order valence-corrected chi connectivity index (χ3v) is 5.09. The maximum Gasteiger partial charge on any atom is 0.262 e. The molecule has 0 spiro atoms. The van der Waals surface area contributed by atoms with Gasteiger partial charge in [0.1, 0.15) is 11.6 Å². The lowest BCUT2D eigenvalue weighted by Gasteiger charge is -2.19. The van der Waals surface area contributed by atoms with Gasteiger partial charge in [-0.05, 0) is 41.8 Å². The van der Waals surface area contributed by atoms with Gasteiger partial charge in [0.05, 0.1) is 16.1 Å². The van der Waals surface area contributed by atoms with E-state index >= 15 is 0 Å². The second-order valence-electron chi connectivity index (χ2n) is 6.06. The maximum absolute atomic E-state index is 11.6. The summed E-state index contributed by atoms with van der Waals surface area (Å²) in [5.41, 5.74) is 2.32. The third-order valence-electron chi connectivity index (χ3n) is 4.22. The summed E-state index contributed by atoms with van der Waals surface area (Å²) in [6.07, 6.45) is 0. The summed E-state index contributed by atoms with van der Waals surface area (Å²) in [6, 6.07) is 17.4. The number of nitrogens with one attached hydrogen (secondary N) is 2. The lowest BCUT2D eigenvalue weighted by atomic mass is 10.2. The molecule has 7 heteroatoms. The molecule has 0 fully saturated rings. The molecule has 1 aliphatic heterocycles. The van der Waals surface area contributed by atoms with E-state index in [1.165, 1.54) is 0 Å². The standard InChI is InChI=1S/C20H14N4O2S/c25-18-11-26-16-8-7-12(10-15(16)22-18)21-19-13-4-1-2-5-14(13)23-20(24-19)17-6-3-9-27-17/h1-10H,11H2,(H,22,25)(H,21,23,24). The molecule has 0 aliphatic carbocycles. The summed E-state index contributed by atoms with van der Waals surface area (Å²) in [7, 11) is 0. The summed E-state index contributed by atoms with van der Waals surface area (Å²) in [5.74, 6) is 1.90. The Morgan fingerprint density at radius 3 is 2.89 bits per heavy atom. The van der Waals surface area contributed by atoms with Crippen molar-refractivity contribution in [1.29, 1.82) is 0 Å². The Kier molecular flexibility index (Phi) is 3.72. The Morgan fingerprint density at radius 1 is 1.07 bits per heavy atom. The number of aromatic nitrogens is 2. The quantitative estimate of drug-likeness (QED) is 0.555. The molecule has 0 saturated heterocycles. The molecular formula is C20H14N4O2S. The number of anilines is 3. The van der Waals surface area contributed by atoms with E-state index < -0.39 is 0 Å². The fourth-order valence-electron chi connectivity index (χ4n) is 2.99. The topological polar surface area (TPSA) is 76.1 Å². The van der Waals surface area contributed by atoms with Crippen molar-refractivity contribution in [2.24, 2.45) is 0 Å². The highest BCUT2D eigenvalue weighted by molar-refractivity contribution is 7.13. The molecule has 1 amide bonds. The van der Waals surface area contributed by atoms with Crippen LogP contribution in [-0.2, 0) is 4.79 Å². The molecule has 2 N–H and O–H groups in total. The van der Waals surface area contributed by atoms with Crippen LogP contribution in [0.15, 0.2) is 60.0 Å². The lowest BCUT2D eigenvalue weighted by Crippen LogP contribution is -2.25. The highest BCUT2D eigenvalue weighted by atomic mass is 32.1. The number of rotatable bonds is 3. The van der Waals surface area contributed by atoms with Crippen molar-refractivity contribution < 1.29 is 9.53 Å². The van der Waals surface area contributed by atoms with Crippen molar-refractivity contribution in [3.05, 3.63) is 60.0 Å². The summed E-state index contributed by atoms with van der Waals surface area (Å²) in [6.45, 7) is 0.0422. The molecule has 2 aromatic heterocycles. The third kappa shape index (κ3) is 2.98. The van der Waals surface area contributed by atoms with Crippen molar-refractivity contribution in [2.75, 3.05) is 17.2 Å². The zero-order valence-electron chi connectivity index (χ0n) is 14.1. The molecule has 132 valence electrons. The SMILES string of the molecule is O=C1COc2ccc(Nc3nc(-c4cccs4)nc4ccccc34)cc2N1. The number of thiophene rings is 1. The molecule has 0 radical (unpaired) electrons. The number of fused-ring (bicyclic) bond motifs is 2. The molecule has 2 aromatic carbocycles. The van der Waals surface area contributed by atoms with E-state index in [4.69, 9.17) is 9.72 Å². The largest absolute Gasteiger partial charge is 0.482 e. The minimum atomic E-state index is -0.160. The number of amides is 1. The van der Waals surface area contributed by atoms with Gasteiger partial charge >= 0.3 is 0 Å². The van der Waals surface area contributed by atoms with Crippen molar-refractivity contribution >= 4 is 45.3 Å². The van der Waals surface area contributed by atoms with Gasteiger partial charge in [-0.3, -0.25) is 4.79 Å². The fraction of sp³-hybridized carbons (Fsp3) is 0.0500. The van der Waals surface area contributed by atoms with E-state index in [-0.39, 0.29) is 12.5 Å². The second kappa shape index (κ2) is 6.37. The van der Waals surface area contributed by atoms with Crippen LogP contribution in [0.4, 0.5) is 17.2 Å². The molecule has 6 nitrogen and oxygen atoms in total. The number of hydrogen-bond acceptors (Lipinski definition) is 6. The van der Waals surface area contributed by atoms with Crippen LogP contribution >= 0.6 is 11.3 Å². The summed E-state index contributed by atoms with van der Waals surface area (Å²) < 4.78 is 5.42. The first kappa shape index (κ1) is 15.8. The van der Waals surface area contributed by atoms with Gasteiger partial charge in [-0.1, -0.05) is 18.2 Å². The van der Waals surface area contributed by atoms with Gasteiger partial charge in [-0.15, -0.1) is 11.3 Å². The van der Waals surface area contributed by atoms with Crippen LogP contribution in [-0.4, -0.2) is 22.5 Å². The van der Waals surface area contributed by atoms with E-state index in [1.807, 2.05) is 60.0 Å². The minimum absolute atomic E-state index is 0.0422. The van der Waals surface area contributed by atoms with Crippen LogP contribution in [0.3, 0.4) is 0 Å². The Morgan fingerprint density at radius 2 is 2.00 bits per heavy atom.